The number of hydrogen-bond acceptors (Lipinski definition) is 16. The van der Waals surface area contributed by atoms with E-state index in [1.165, 1.54) is 25.7 Å². The number of nitrogens with zero attached hydrogens (tertiary/aromatic N) is 1. The molecule has 2 saturated heterocycles. The van der Waals surface area contributed by atoms with E-state index in [2.05, 4.69) is 21.3 Å². The second-order valence-corrected chi connectivity index (χ2v) is 13.4. The maximum Gasteiger partial charge on any atom is 0.234 e. The van der Waals surface area contributed by atoms with Gasteiger partial charge in [0.15, 0.2) is 12.6 Å². The third kappa shape index (κ3) is 16.6. The number of amides is 4. The van der Waals surface area contributed by atoms with E-state index < -0.39 is 79.1 Å². The van der Waals surface area contributed by atoms with Crippen molar-refractivity contribution in [1.82, 2.24) is 26.2 Å². The van der Waals surface area contributed by atoms with Gasteiger partial charge in [0.25, 0.3) is 0 Å². The highest BCUT2D eigenvalue weighted by Crippen LogP contribution is 2.22. The van der Waals surface area contributed by atoms with Crippen molar-refractivity contribution in [3.63, 3.8) is 0 Å². The van der Waals surface area contributed by atoms with E-state index in [1.54, 1.807) is 6.92 Å². The van der Waals surface area contributed by atoms with Crippen LogP contribution in [-0.4, -0.2) is 185 Å². The van der Waals surface area contributed by atoms with Crippen molar-refractivity contribution in [3.05, 3.63) is 0 Å². The predicted octanol–water partition coefficient (Wildman–Crippen LogP) is -4.77. The Bertz CT molecular complexity index is 1110. The molecule has 0 aliphatic carbocycles. The molecule has 0 unspecified atom stereocenters. The summed E-state index contributed by atoms with van der Waals surface area (Å²) in [6.07, 6.45) is -10.6. The van der Waals surface area contributed by atoms with Crippen molar-refractivity contribution in [1.29, 1.82) is 0 Å². The summed E-state index contributed by atoms with van der Waals surface area (Å²) in [6.45, 7) is 5.40. The number of rotatable bonds is 23. The molecule has 0 spiro atoms. The topological polar surface area (TPSA) is 295 Å². The average Bonchev–Trinajstić information content (AvgIpc) is 3.10. The molecule has 306 valence electrons. The summed E-state index contributed by atoms with van der Waals surface area (Å²) in [5, 5.41) is 70.3. The van der Waals surface area contributed by atoms with Gasteiger partial charge in [0.1, 0.15) is 42.4 Å². The van der Waals surface area contributed by atoms with E-state index in [1.807, 2.05) is 0 Å². The maximum atomic E-state index is 12.8. The van der Waals surface area contributed by atoms with Crippen LogP contribution in [0.4, 0.5) is 0 Å². The van der Waals surface area contributed by atoms with Crippen LogP contribution in [0.25, 0.3) is 0 Å². The zero-order chi connectivity index (χ0) is 39.7. The van der Waals surface area contributed by atoms with Gasteiger partial charge in [0.2, 0.25) is 23.6 Å². The van der Waals surface area contributed by atoms with Gasteiger partial charge >= 0.3 is 0 Å². The van der Waals surface area contributed by atoms with Crippen molar-refractivity contribution in [3.8, 4) is 0 Å². The van der Waals surface area contributed by atoms with Crippen molar-refractivity contribution in [2.45, 2.75) is 115 Å². The number of Topliss-reactive ketones (excluding diaryl/α,β-unsaturated/α-hetero) is 1. The summed E-state index contributed by atoms with van der Waals surface area (Å²) >= 11 is 0. The molecule has 2 aliphatic heterocycles. The first-order valence-corrected chi connectivity index (χ1v) is 17.9. The Morgan fingerprint density at radius 3 is 1.47 bits per heavy atom. The summed E-state index contributed by atoms with van der Waals surface area (Å²) in [5.74, 6) is -1.98. The van der Waals surface area contributed by atoms with Gasteiger partial charge in [-0.1, -0.05) is 13.3 Å². The fourth-order valence-corrected chi connectivity index (χ4v) is 5.29. The Labute approximate surface area is 308 Å². The lowest BCUT2D eigenvalue weighted by molar-refractivity contribution is -0.292. The Kier molecular flexibility index (Phi) is 20.8. The average molecular weight is 766 g/mol. The van der Waals surface area contributed by atoms with E-state index in [0.717, 1.165) is 0 Å². The zero-order valence-corrected chi connectivity index (χ0v) is 30.8. The highest BCUT2D eigenvalue weighted by atomic mass is 16.7. The minimum absolute atomic E-state index is 0.00609. The molecule has 0 bridgehead atoms. The minimum Gasteiger partial charge on any atom is -0.388 e. The second-order valence-electron chi connectivity index (χ2n) is 13.4. The van der Waals surface area contributed by atoms with Gasteiger partial charge in [0.05, 0.1) is 45.1 Å². The first-order valence-electron chi connectivity index (χ1n) is 17.9. The molecule has 2 heterocycles. The van der Waals surface area contributed by atoms with Gasteiger partial charge in [0, 0.05) is 38.5 Å². The van der Waals surface area contributed by atoms with Crippen molar-refractivity contribution in [2.75, 3.05) is 59.0 Å². The lowest BCUT2D eigenvalue weighted by Gasteiger charge is -2.38. The van der Waals surface area contributed by atoms with Gasteiger partial charge in [-0.2, -0.15) is 0 Å². The number of ketones is 1. The molecule has 11 atom stereocenters. The van der Waals surface area contributed by atoms with E-state index in [9.17, 15) is 54.6 Å². The van der Waals surface area contributed by atoms with Gasteiger partial charge in [-0.3, -0.25) is 28.9 Å². The minimum atomic E-state index is -1.51. The number of aliphatic hydroxyl groups excluding tert-OH is 6. The third-order valence-electron chi connectivity index (χ3n) is 8.83. The van der Waals surface area contributed by atoms with Crippen molar-refractivity contribution < 1.29 is 73.6 Å². The molecular weight excluding hydrogens is 706 g/mol. The number of carbonyl (C=O) groups excluding carboxylic acids is 5. The molecule has 0 radical (unpaired) electrons. The quantitative estimate of drug-likeness (QED) is 0.0437. The van der Waals surface area contributed by atoms with Crippen LogP contribution in [0.1, 0.15) is 53.4 Å². The fourth-order valence-electron chi connectivity index (χ4n) is 5.29. The lowest BCUT2D eigenvalue weighted by Crippen LogP contribution is -2.57. The first-order chi connectivity index (χ1) is 25.0. The molecule has 2 aliphatic rings. The van der Waals surface area contributed by atoms with Crippen LogP contribution >= 0.6 is 0 Å². The molecule has 4 amide bonds. The number of hydrogen-bond donors (Lipinski definition) is 10. The van der Waals surface area contributed by atoms with E-state index in [4.69, 9.17) is 18.9 Å². The predicted molar refractivity (Wildman–Crippen MR) is 183 cm³/mol. The molecule has 0 aromatic rings. The molecule has 10 N–H and O–H groups in total. The van der Waals surface area contributed by atoms with Crippen LogP contribution in [0.5, 0.6) is 0 Å². The molecular formula is C33H59N5O15. The molecule has 53 heavy (non-hydrogen) atoms. The largest absolute Gasteiger partial charge is 0.388 e. The number of ether oxygens (including phenoxy) is 4. The standard InChI is InChI=1S/C33H59N5O15/c1-18(19(2)39)14-37-22(40)8-6-5-7-9-34-23(41)15-38(16-24(42)35-10-12-50-32-30(48)28(46)26(44)20(3)52-32)17-25(43)36-11-13-51-33-31(49)29(47)27(45)21(4)53-33/h18,20-21,26-33,44-49H,5-17H2,1-4H3,(H,34,41)(H,35,42)(H,36,43)(H,37,40)/t18-,20-,21-,26+,27+,28+,29+,30-,31-,32+,33+/m0/s1. The van der Waals surface area contributed by atoms with Crippen LogP contribution in [-0.2, 0) is 42.9 Å². The summed E-state index contributed by atoms with van der Waals surface area (Å²) in [7, 11) is 0. The van der Waals surface area contributed by atoms with E-state index in [0.29, 0.717) is 25.8 Å². The van der Waals surface area contributed by atoms with Gasteiger partial charge in [-0.05, 0) is 33.6 Å². The van der Waals surface area contributed by atoms with Gasteiger partial charge in [-0.25, -0.2) is 0 Å². The summed E-state index contributed by atoms with van der Waals surface area (Å²) in [5.41, 5.74) is 0. The van der Waals surface area contributed by atoms with Gasteiger partial charge in [-0.15, -0.1) is 0 Å². The second kappa shape index (κ2) is 23.8. The van der Waals surface area contributed by atoms with E-state index in [-0.39, 0.29) is 76.5 Å². The fraction of sp³-hybridized carbons (Fsp3) is 0.848. The third-order valence-corrected chi connectivity index (χ3v) is 8.83. The molecule has 2 rings (SSSR count). The SMILES string of the molecule is CC(=O)[C@@H](C)CNC(=O)CCCCCNC(=O)CN(CC(=O)NCCO[C@@H]1O[C@@H](C)[C@@H](O)[C@@H](O)[C@@H]1O)CC(=O)NCCO[C@@H]1O[C@@H](C)[C@@H](O)[C@@H](O)[C@@H]1O. The number of unbranched alkanes of at least 4 members (excludes halogenated alkanes) is 2. The summed E-state index contributed by atoms with van der Waals surface area (Å²) in [6, 6.07) is 0. The normalized spacial score (nSPS) is 29.3. The number of aliphatic hydroxyl groups is 6. The van der Waals surface area contributed by atoms with Crippen LogP contribution in [0.2, 0.25) is 0 Å². The van der Waals surface area contributed by atoms with Crippen molar-refractivity contribution >= 4 is 29.4 Å². The molecule has 0 saturated carbocycles. The smallest absolute Gasteiger partial charge is 0.234 e. The van der Waals surface area contributed by atoms with Gasteiger partial charge < -0.3 is 70.9 Å². The first kappa shape index (κ1) is 46.3. The molecule has 0 aromatic heterocycles. The molecule has 2 fully saturated rings. The van der Waals surface area contributed by atoms with Crippen LogP contribution < -0.4 is 21.3 Å². The monoisotopic (exact) mass is 765 g/mol. The lowest BCUT2D eigenvalue weighted by atomic mass is 10.0. The Morgan fingerprint density at radius 2 is 1.04 bits per heavy atom. The van der Waals surface area contributed by atoms with E-state index >= 15 is 0 Å². The Balaban J connectivity index is 1.80. The molecule has 20 heteroatoms. The maximum absolute atomic E-state index is 12.8. The van der Waals surface area contributed by atoms with Crippen LogP contribution in [0.15, 0.2) is 0 Å². The Morgan fingerprint density at radius 1 is 0.604 bits per heavy atom. The Hall–Kier alpha value is -2.89. The summed E-state index contributed by atoms with van der Waals surface area (Å²) < 4.78 is 21.5. The highest BCUT2D eigenvalue weighted by molar-refractivity contribution is 5.84. The number of nitrogens with one attached hydrogen (secondary N) is 4. The molecule has 0 aromatic carbocycles. The van der Waals surface area contributed by atoms with Crippen LogP contribution in [0.3, 0.4) is 0 Å². The zero-order valence-electron chi connectivity index (χ0n) is 30.8. The summed E-state index contributed by atoms with van der Waals surface area (Å²) in [4.78, 5) is 62.8. The van der Waals surface area contributed by atoms with Crippen LogP contribution in [0, 0.1) is 5.92 Å². The number of carbonyl (C=O) groups is 5. The highest BCUT2D eigenvalue weighted by Gasteiger charge is 2.43. The van der Waals surface area contributed by atoms with Crippen molar-refractivity contribution in [2.24, 2.45) is 5.92 Å². The molecule has 20 nitrogen and oxygen atoms in total.